The van der Waals surface area contributed by atoms with Crippen LogP contribution >= 0.6 is 0 Å². The summed E-state index contributed by atoms with van der Waals surface area (Å²) in [6, 6.07) is 2.61. The van der Waals surface area contributed by atoms with E-state index >= 15 is 0 Å². The van der Waals surface area contributed by atoms with E-state index in [2.05, 4.69) is 0 Å². The van der Waals surface area contributed by atoms with Crippen LogP contribution in [0.15, 0.2) is 18.2 Å². The van der Waals surface area contributed by atoms with Crippen LogP contribution in [0, 0.1) is 10.1 Å². The Morgan fingerprint density at radius 3 is 2.50 bits per heavy atom. The number of likely N-dealkylation sites (N-methyl/N-ethyl adjacent to an activating group) is 1. The zero-order chi connectivity index (χ0) is 15.4. The maximum absolute atomic E-state index is 12.2. The number of methoxy groups -OCH3 is 1. The molecule has 1 N–H and O–H groups in total. The van der Waals surface area contributed by atoms with Crippen molar-refractivity contribution in [1.29, 1.82) is 0 Å². The molecule has 0 heterocycles. The highest BCUT2D eigenvalue weighted by Gasteiger charge is 2.28. The minimum absolute atomic E-state index is 0.218. The van der Waals surface area contributed by atoms with Gasteiger partial charge < -0.3 is 14.7 Å². The number of carboxylic acids is 1. The number of hydrogen-bond acceptors (Lipinski definition) is 5. The van der Waals surface area contributed by atoms with E-state index in [1.165, 1.54) is 33.2 Å². The molecule has 0 aliphatic rings. The first-order valence-corrected chi connectivity index (χ1v) is 5.62. The molecule has 0 radical (unpaired) electrons. The molecular formula is C12H14N2O6. The minimum Gasteiger partial charge on any atom is -0.497 e. The van der Waals surface area contributed by atoms with Gasteiger partial charge in [0, 0.05) is 13.1 Å². The van der Waals surface area contributed by atoms with Crippen molar-refractivity contribution in [3.8, 4) is 5.75 Å². The van der Waals surface area contributed by atoms with Crippen LogP contribution in [0.5, 0.6) is 5.75 Å². The second-order valence-electron chi connectivity index (χ2n) is 4.07. The predicted octanol–water partition coefficient (Wildman–Crippen LogP) is 1.15. The number of ether oxygens (including phenoxy) is 1. The van der Waals surface area contributed by atoms with E-state index in [0.29, 0.717) is 0 Å². The maximum Gasteiger partial charge on any atom is 0.326 e. The van der Waals surface area contributed by atoms with E-state index in [0.717, 1.165) is 11.0 Å². The van der Waals surface area contributed by atoms with Crippen LogP contribution in [0.1, 0.15) is 17.3 Å². The summed E-state index contributed by atoms with van der Waals surface area (Å²) in [5.74, 6) is -1.69. The van der Waals surface area contributed by atoms with E-state index in [1.807, 2.05) is 0 Å². The molecule has 0 aliphatic heterocycles. The number of hydrogen-bond donors (Lipinski definition) is 1. The predicted molar refractivity (Wildman–Crippen MR) is 68.8 cm³/mol. The number of aliphatic carboxylic acids is 1. The largest absolute Gasteiger partial charge is 0.497 e. The van der Waals surface area contributed by atoms with Gasteiger partial charge in [0.05, 0.1) is 12.0 Å². The van der Waals surface area contributed by atoms with Crippen LogP contribution in [0.25, 0.3) is 0 Å². The average Bonchev–Trinajstić information content (AvgIpc) is 2.43. The third-order valence-electron chi connectivity index (χ3n) is 2.89. The first kappa shape index (κ1) is 15.4. The normalized spacial score (nSPS) is 11.6. The summed E-state index contributed by atoms with van der Waals surface area (Å²) < 4.78 is 4.92. The van der Waals surface area contributed by atoms with Gasteiger partial charge in [0.1, 0.15) is 17.4 Å². The number of rotatable bonds is 5. The monoisotopic (exact) mass is 282 g/mol. The van der Waals surface area contributed by atoms with Crippen molar-refractivity contribution in [2.45, 2.75) is 13.0 Å². The van der Waals surface area contributed by atoms with Gasteiger partial charge in [-0.2, -0.15) is 0 Å². The molecule has 0 saturated carbocycles. The molecule has 1 amide bonds. The van der Waals surface area contributed by atoms with E-state index in [9.17, 15) is 19.7 Å². The van der Waals surface area contributed by atoms with Crippen molar-refractivity contribution in [2.75, 3.05) is 14.2 Å². The number of nitro groups is 1. The van der Waals surface area contributed by atoms with Gasteiger partial charge >= 0.3 is 5.97 Å². The summed E-state index contributed by atoms with van der Waals surface area (Å²) in [5, 5.41) is 19.8. The summed E-state index contributed by atoms with van der Waals surface area (Å²) >= 11 is 0. The Morgan fingerprint density at radius 2 is 2.05 bits per heavy atom. The molecule has 0 aromatic heterocycles. The molecule has 1 unspecified atom stereocenters. The highest BCUT2D eigenvalue weighted by Crippen LogP contribution is 2.25. The SMILES string of the molecule is COc1ccc([N+](=O)[O-])c(C(=O)N(C)C(C)C(=O)O)c1. The number of nitro benzene ring substituents is 1. The topological polar surface area (TPSA) is 110 Å². The fourth-order valence-corrected chi connectivity index (χ4v) is 1.50. The van der Waals surface area contributed by atoms with E-state index in [1.54, 1.807) is 0 Å². The molecule has 1 aromatic rings. The zero-order valence-electron chi connectivity index (χ0n) is 11.2. The smallest absolute Gasteiger partial charge is 0.326 e. The molecule has 0 fully saturated rings. The van der Waals surface area contributed by atoms with Crippen LogP contribution in [0.4, 0.5) is 5.69 Å². The van der Waals surface area contributed by atoms with Crippen molar-refractivity contribution in [1.82, 2.24) is 4.90 Å². The van der Waals surface area contributed by atoms with Crippen molar-refractivity contribution in [2.24, 2.45) is 0 Å². The first-order valence-electron chi connectivity index (χ1n) is 5.62. The second-order valence-corrected chi connectivity index (χ2v) is 4.07. The molecule has 0 bridgehead atoms. The third kappa shape index (κ3) is 3.02. The number of amides is 1. The van der Waals surface area contributed by atoms with Crippen LogP contribution in [0.2, 0.25) is 0 Å². The highest BCUT2D eigenvalue weighted by atomic mass is 16.6. The number of carbonyl (C=O) groups excluding carboxylic acids is 1. The van der Waals surface area contributed by atoms with Gasteiger partial charge in [0.15, 0.2) is 0 Å². The van der Waals surface area contributed by atoms with Crippen molar-refractivity contribution < 1.29 is 24.4 Å². The van der Waals surface area contributed by atoms with Crippen LogP contribution in [0.3, 0.4) is 0 Å². The summed E-state index contributed by atoms with van der Waals surface area (Å²) in [5.41, 5.74) is -0.620. The van der Waals surface area contributed by atoms with Gasteiger partial charge in [-0.25, -0.2) is 4.79 Å². The van der Waals surface area contributed by atoms with Gasteiger partial charge in [-0.05, 0) is 19.1 Å². The third-order valence-corrected chi connectivity index (χ3v) is 2.89. The Morgan fingerprint density at radius 1 is 1.45 bits per heavy atom. The van der Waals surface area contributed by atoms with E-state index in [4.69, 9.17) is 9.84 Å². The summed E-state index contributed by atoms with van der Waals surface area (Å²) in [4.78, 5) is 34.2. The lowest BCUT2D eigenvalue weighted by Gasteiger charge is -2.21. The number of carboxylic acid groups (broad SMARTS) is 1. The van der Waals surface area contributed by atoms with Gasteiger partial charge in [-0.3, -0.25) is 14.9 Å². The molecule has 8 nitrogen and oxygen atoms in total. The van der Waals surface area contributed by atoms with Gasteiger partial charge in [-0.1, -0.05) is 0 Å². The lowest BCUT2D eigenvalue weighted by atomic mass is 10.1. The summed E-state index contributed by atoms with van der Waals surface area (Å²) in [6.45, 7) is 1.31. The zero-order valence-corrected chi connectivity index (χ0v) is 11.2. The fraction of sp³-hybridized carbons (Fsp3) is 0.333. The lowest BCUT2D eigenvalue weighted by Crippen LogP contribution is -2.40. The fourth-order valence-electron chi connectivity index (χ4n) is 1.50. The highest BCUT2D eigenvalue weighted by molar-refractivity contribution is 6.00. The quantitative estimate of drug-likeness (QED) is 0.640. The van der Waals surface area contributed by atoms with Gasteiger partial charge in [-0.15, -0.1) is 0 Å². The standard InChI is InChI=1S/C12H14N2O6/c1-7(12(16)17)13(2)11(15)9-6-8(20-3)4-5-10(9)14(18)19/h4-7H,1-3H3,(H,16,17). The Hall–Kier alpha value is -2.64. The van der Waals surface area contributed by atoms with Crippen molar-refractivity contribution in [3.63, 3.8) is 0 Å². The summed E-state index contributed by atoms with van der Waals surface area (Å²) in [7, 11) is 2.63. The van der Waals surface area contributed by atoms with Gasteiger partial charge in [0.25, 0.3) is 11.6 Å². The molecule has 8 heteroatoms. The van der Waals surface area contributed by atoms with Gasteiger partial charge in [0.2, 0.25) is 0 Å². The Bertz CT molecular complexity index is 557. The molecule has 1 rings (SSSR count). The van der Waals surface area contributed by atoms with E-state index in [-0.39, 0.29) is 11.3 Å². The van der Waals surface area contributed by atoms with Crippen LogP contribution in [-0.2, 0) is 4.79 Å². The lowest BCUT2D eigenvalue weighted by molar-refractivity contribution is -0.385. The minimum atomic E-state index is -1.20. The Balaban J connectivity index is 3.25. The average molecular weight is 282 g/mol. The molecule has 20 heavy (non-hydrogen) atoms. The molecule has 0 saturated heterocycles. The summed E-state index contributed by atoms with van der Waals surface area (Å²) in [6.07, 6.45) is 0. The molecule has 1 atom stereocenters. The molecule has 108 valence electrons. The van der Waals surface area contributed by atoms with Crippen LogP contribution in [-0.4, -0.2) is 47.0 Å². The Kier molecular flexibility index (Phi) is 4.63. The molecular weight excluding hydrogens is 268 g/mol. The molecule has 1 aromatic carbocycles. The van der Waals surface area contributed by atoms with Crippen LogP contribution < -0.4 is 4.74 Å². The van der Waals surface area contributed by atoms with E-state index < -0.39 is 28.5 Å². The number of benzene rings is 1. The maximum atomic E-state index is 12.2. The van der Waals surface area contributed by atoms with Crippen molar-refractivity contribution in [3.05, 3.63) is 33.9 Å². The van der Waals surface area contributed by atoms with Crippen molar-refractivity contribution >= 4 is 17.6 Å². The molecule has 0 aliphatic carbocycles. The number of carbonyl (C=O) groups is 2. The first-order chi connectivity index (χ1) is 9.29. The number of nitrogens with zero attached hydrogens (tertiary/aromatic N) is 2. The molecule has 0 spiro atoms. The second kappa shape index (κ2) is 6.00. The Labute approximate surface area is 114 Å².